The first kappa shape index (κ1) is 21.0. The topological polar surface area (TPSA) is 76.7 Å². The fourth-order valence-corrected chi connectivity index (χ4v) is 3.44. The molecule has 0 saturated heterocycles. The van der Waals surface area contributed by atoms with Gasteiger partial charge in [0.1, 0.15) is 17.6 Å². The van der Waals surface area contributed by atoms with Crippen molar-refractivity contribution in [2.45, 2.75) is 39.3 Å². The molecular weight excluding hydrogens is 392 g/mol. The molecule has 1 aliphatic heterocycles. The minimum atomic E-state index is -0.299. The van der Waals surface area contributed by atoms with Crippen molar-refractivity contribution < 1.29 is 19.1 Å². The lowest BCUT2D eigenvalue weighted by molar-refractivity contribution is -0.121. The molecule has 0 saturated carbocycles. The van der Waals surface area contributed by atoms with Gasteiger partial charge in [0.25, 0.3) is 5.91 Å². The molecule has 3 rings (SSSR count). The van der Waals surface area contributed by atoms with Gasteiger partial charge in [-0.15, -0.1) is 0 Å². The van der Waals surface area contributed by atoms with Crippen molar-refractivity contribution in [2.24, 2.45) is 0 Å². The van der Waals surface area contributed by atoms with Crippen molar-refractivity contribution in [3.8, 4) is 11.5 Å². The number of halogens is 1. The lowest BCUT2D eigenvalue weighted by Gasteiger charge is -2.13. The SMILES string of the molecule is CCOc1cc2c(cc1CNC(=O)CCNC(=O)c1ccccc1Cl)O[C@@H](C)C2. The summed E-state index contributed by atoms with van der Waals surface area (Å²) in [7, 11) is 0. The number of ether oxygens (including phenoxy) is 2. The first-order valence-electron chi connectivity index (χ1n) is 9.72. The van der Waals surface area contributed by atoms with Crippen LogP contribution in [0.3, 0.4) is 0 Å². The normalized spacial score (nSPS) is 14.7. The van der Waals surface area contributed by atoms with Gasteiger partial charge in [0.15, 0.2) is 0 Å². The van der Waals surface area contributed by atoms with E-state index in [4.69, 9.17) is 21.1 Å². The predicted octanol–water partition coefficient (Wildman–Crippen LogP) is 3.50. The summed E-state index contributed by atoms with van der Waals surface area (Å²) < 4.78 is 11.5. The second kappa shape index (κ2) is 9.65. The number of hydrogen-bond donors (Lipinski definition) is 2. The summed E-state index contributed by atoms with van der Waals surface area (Å²) in [5.41, 5.74) is 2.38. The fourth-order valence-electron chi connectivity index (χ4n) is 3.22. The van der Waals surface area contributed by atoms with E-state index in [1.165, 1.54) is 0 Å². The number of nitrogens with one attached hydrogen (secondary N) is 2. The lowest BCUT2D eigenvalue weighted by Crippen LogP contribution is -2.30. The standard InChI is InChI=1S/C22H25ClN2O4/c1-3-28-19-11-15-10-14(2)29-20(15)12-16(19)13-25-21(26)8-9-24-22(27)17-6-4-5-7-18(17)23/h4-7,11-12,14H,3,8-10,13H2,1-2H3,(H,24,27)(H,25,26)/t14-/m0/s1. The molecule has 0 aromatic heterocycles. The predicted molar refractivity (Wildman–Crippen MR) is 112 cm³/mol. The summed E-state index contributed by atoms with van der Waals surface area (Å²) in [6.07, 6.45) is 1.16. The molecular formula is C22H25ClN2O4. The van der Waals surface area contributed by atoms with Crippen molar-refractivity contribution in [1.29, 1.82) is 0 Å². The highest BCUT2D eigenvalue weighted by Crippen LogP contribution is 2.35. The number of benzene rings is 2. The van der Waals surface area contributed by atoms with E-state index in [0.717, 1.165) is 29.0 Å². The third-order valence-electron chi connectivity index (χ3n) is 4.61. The zero-order chi connectivity index (χ0) is 20.8. The fraction of sp³-hybridized carbons (Fsp3) is 0.364. The summed E-state index contributed by atoms with van der Waals surface area (Å²) in [5, 5.41) is 5.96. The Balaban J connectivity index is 1.51. The first-order valence-corrected chi connectivity index (χ1v) is 10.1. The Kier molecular flexibility index (Phi) is 6.99. The second-order valence-electron chi connectivity index (χ2n) is 6.90. The van der Waals surface area contributed by atoms with E-state index in [1.54, 1.807) is 24.3 Å². The van der Waals surface area contributed by atoms with Crippen LogP contribution in [0.25, 0.3) is 0 Å². The van der Waals surface area contributed by atoms with Gasteiger partial charge in [0.05, 0.1) is 17.2 Å². The van der Waals surface area contributed by atoms with E-state index >= 15 is 0 Å². The molecule has 2 amide bonds. The number of hydrogen-bond acceptors (Lipinski definition) is 4. The number of carbonyl (C=O) groups is 2. The van der Waals surface area contributed by atoms with Gasteiger partial charge in [0.2, 0.25) is 5.91 Å². The summed E-state index contributed by atoms with van der Waals surface area (Å²) in [6, 6.07) is 10.7. The Morgan fingerprint density at radius 2 is 2.03 bits per heavy atom. The maximum absolute atomic E-state index is 12.2. The molecule has 0 unspecified atom stereocenters. The van der Waals surface area contributed by atoms with Crippen LogP contribution < -0.4 is 20.1 Å². The zero-order valence-corrected chi connectivity index (χ0v) is 17.3. The van der Waals surface area contributed by atoms with Gasteiger partial charge in [0, 0.05) is 37.1 Å². The van der Waals surface area contributed by atoms with E-state index < -0.39 is 0 Å². The third-order valence-corrected chi connectivity index (χ3v) is 4.94. The van der Waals surface area contributed by atoms with Gasteiger partial charge in [-0.1, -0.05) is 23.7 Å². The van der Waals surface area contributed by atoms with Crippen LogP contribution in [0.15, 0.2) is 36.4 Å². The summed E-state index contributed by atoms with van der Waals surface area (Å²) in [5.74, 6) is 1.14. The van der Waals surface area contributed by atoms with Crippen molar-refractivity contribution >= 4 is 23.4 Å². The highest BCUT2D eigenvalue weighted by Gasteiger charge is 2.22. The van der Waals surface area contributed by atoms with Crippen LogP contribution in [0.2, 0.25) is 5.02 Å². The van der Waals surface area contributed by atoms with Crippen LogP contribution in [0.1, 0.15) is 41.8 Å². The van der Waals surface area contributed by atoms with Gasteiger partial charge in [-0.25, -0.2) is 0 Å². The summed E-state index contributed by atoms with van der Waals surface area (Å²) in [6.45, 7) is 5.05. The molecule has 1 atom stereocenters. The van der Waals surface area contributed by atoms with Crippen molar-refractivity contribution in [3.63, 3.8) is 0 Å². The quantitative estimate of drug-likeness (QED) is 0.690. The van der Waals surface area contributed by atoms with Crippen LogP contribution in [0, 0.1) is 0 Å². The number of carbonyl (C=O) groups excluding carboxylic acids is 2. The maximum atomic E-state index is 12.2. The van der Waals surface area contributed by atoms with Crippen LogP contribution >= 0.6 is 11.6 Å². The van der Waals surface area contributed by atoms with Gasteiger partial charge < -0.3 is 20.1 Å². The Labute approximate surface area is 175 Å². The smallest absolute Gasteiger partial charge is 0.252 e. The Bertz CT molecular complexity index is 900. The molecule has 154 valence electrons. The molecule has 7 heteroatoms. The van der Waals surface area contributed by atoms with Gasteiger partial charge in [-0.05, 0) is 38.1 Å². The molecule has 2 aromatic carbocycles. The van der Waals surface area contributed by atoms with Crippen molar-refractivity contribution in [1.82, 2.24) is 10.6 Å². The molecule has 2 N–H and O–H groups in total. The van der Waals surface area contributed by atoms with Crippen molar-refractivity contribution in [2.75, 3.05) is 13.2 Å². The van der Waals surface area contributed by atoms with Crippen LogP contribution in [-0.2, 0) is 17.8 Å². The summed E-state index contributed by atoms with van der Waals surface area (Å²) in [4.78, 5) is 24.3. The molecule has 2 aromatic rings. The number of fused-ring (bicyclic) bond motifs is 1. The van der Waals surface area contributed by atoms with E-state index in [2.05, 4.69) is 10.6 Å². The lowest BCUT2D eigenvalue weighted by atomic mass is 10.1. The maximum Gasteiger partial charge on any atom is 0.252 e. The molecule has 0 fully saturated rings. The minimum absolute atomic E-state index is 0.144. The molecule has 1 heterocycles. The molecule has 0 spiro atoms. The van der Waals surface area contributed by atoms with E-state index in [1.807, 2.05) is 26.0 Å². The Morgan fingerprint density at radius 3 is 2.79 bits per heavy atom. The molecule has 0 radical (unpaired) electrons. The average molecular weight is 417 g/mol. The molecule has 1 aliphatic rings. The highest BCUT2D eigenvalue weighted by molar-refractivity contribution is 6.33. The number of rotatable bonds is 8. The molecule has 0 bridgehead atoms. The first-order chi connectivity index (χ1) is 14.0. The zero-order valence-electron chi connectivity index (χ0n) is 16.6. The molecule has 0 aliphatic carbocycles. The van der Waals surface area contributed by atoms with Crippen LogP contribution in [0.5, 0.6) is 11.5 Å². The van der Waals surface area contributed by atoms with Gasteiger partial charge in [-0.3, -0.25) is 9.59 Å². The van der Waals surface area contributed by atoms with Crippen molar-refractivity contribution in [3.05, 3.63) is 58.1 Å². The Morgan fingerprint density at radius 1 is 1.24 bits per heavy atom. The minimum Gasteiger partial charge on any atom is -0.494 e. The van der Waals surface area contributed by atoms with E-state index in [9.17, 15) is 9.59 Å². The van der Waals surface area contributed by atoms with Crippen LogP contribution in [0.4, 0.5) is 0 Å². The van der Waals surface area contributed by atoms with Gasteiger partial charge >= 0.3 is 0 Å². The average Bonchev–Trinajstić information content (AvgIpc) is 3.05. The largest absolute Gasteiger partial charge is 0.494 e. The highest BCUT2D eigenvalue weighted by atomic mass is 35.5. The number of amides is 2. The molecule has 6 nitrogen and oxygen atoms in total. The molecule has 29 heavy (non-hydrogen) atoms. The Hall–Kier alpha value is -2.73. The van der Waals surface area contributed by atoms with Gasteiger partial charge in [-0.2, -0.15) is 0 Å². The summed E-state index contributed by atoms with van der Waals surface area (Å²) >= 11 is 6.01. The third kappa shape index (κ3) is 5.41. The van der Waals surface area contributed by atoms with E-state index in [-0.39, 0.29) is 30.9 Å². The van der Waals surface area contributed by atoms with E-state index in [0.29, 0.717) is 23.7 Å². The monoisotopic (exact) mass is 416 g/mol. The second-order valence-corrected chi connectivity index (χ2v) is 7.30. The van der Waals surface area contributed by atoms with Crippen LogP contribution in [-0.4, -0.2) is 31.1 Å².